The third-order valence-corrected chi connectivity index (χ3v) is 2.24. The number of carbonyl (C=O) groups is 2. The normalized spacial score (nSPS) is 11.9. The van der Waals surface area contributed by atoms with Gasteiger partial charge in [-0.15, -0.1) is 0 Å². The molecule has 0 aromatic heterocycles. The highest BCUT2D eigenvalue weighted by Crippen LogP contribution is 2.13. The molecule has 0 saturated heterocycles. The average molecular weight is 221 g/mol. The quantitative estimate of drug-likeness (QED) is 0.816. The number of amides is 1. The molecule has 0 aliphatic carbocycles. The van der Waals surface area contributed by atoms with E-state index in [2.05, 4.69) is 5.32 Å². The lowest BCUT2D eigenvalue weighted by Crippen LogP contribution is -2.12. The van der Waals surface area contributed by atoms with Crippen molar-refractivity contribution in [3.63, 3.8) is 0 Å². The summed E-state index contributed by atoms with van der Waals surface area (Å²) in [4.78, 5) is 21.4. The van der Waals surface area contributed by atoms with Crippen LogP contribution in [0.5, 0.6) is 0 Å². The molecule has 0 aliphatic heterocycles. The Balaban J connectivity index is 2.64. The van der Waals surface area contributed by atoms with Gasteiger partial charge < -0.3 is 10.4 Å². The van der Waals surface area contributed by atoms with E-state index in [0.29, 0.717) is 6.42 Å². The number of rotatable bonds is 4. The molecule has 86 valence electrons. The summed E-state index contributed by atoms with van der Waals surface area (Å²) >= 11 is 0. The van der Waals surface area contributed by atoms with Crippen molar-refractivity contribution in [3.8, 4) is 0 Å². The lowest BCUT2D eigenvalue weighted by Gasteiger charge is -2.07. The number of anilines is 1. The maximum absolute atomic E-state index is 10.8. The highest BCUT2D eigenvalue weighted by Gasteiger charge is 2.11. The van der Waals surface area contributed by atoms with E-state index in [4.69, 9.17) is 5.11 Å². The first kappa shape index (κ1) is 12.2. The van der Waals surface area contributed by atoms with Crippen molar-refractivity contribution in [3.05, 3.63) is 29.8 Å². The summed E-state index contributed by atoms with van der Waals surface area (Å²) < 4.78 is 0. The first-order valence-electron chi connectivity index (χ1n) is 5.08. The van der Waals surface area contributed by atoms with Gasteiger partial charge in [0.15, 0.2) is 0 Å². The van der Waals surface area contributed by atoms with Crippen LogP contribution in [0, 0.1) is 5.92 Å². The molecule has 0 radical (unpaired) electrons. The molecular formula is C12H15NO3. The maximum atomic E-state index is 10.8. The van der Waals surface area contributed by atoms with Crippen LogP contribution in [-0.4, -0.2) is 17.0 Å². The van der Waals surface area contributed by atoms with Gasteiger partial charge in [-0.25, -0.2) is 0 Å². The van der Waals surface area contributed by atoms with Crippen LogP contribution in [-0.2, 0) is 16.0 Å². The third-order valence-electron chi connectivity index (χ3n) is 2.24. The first-order valence-corrected chi connectivity index (χ1v) is 5.08. The van der Waals surface area contributed by atoms with E-state index in [0.717, 1.165) is 11.3 Å². The molecule has 4 nitrogen and oxygen atoms in total. The summed E-state index contributed by atoms with van der Waals surface area (Å²) in [6.45, 7) is 3.12. The third kappa shape index (κ3) is 3.73. The largest absolute Gasteiger partial charge is 0.481 e. The highest BCUT2D eigenvalue weighted by molar-refractivity contribution is 5.88. The Morgan fingerprint density at radius 3 is 2.31 bits per heavy atom. The number of hydrogen-bond donors (Lipinski definition) is 2. The van der Waals surface area contributed by atoms with Gasteiger partial charge in [-0.2, -0.15) is 0 Å². The van der Waals surface area contributed by atoms with Gasteiger partial charge in [-0.1, -0.05) is 19.1 Å². The Labute approximate surface area is 94.3 Å². The van der Waals surface area contributed by atoms with Crippen LogP contribution in [0.4, 0.5) is 5.69 Å². The number of hydrogen-bond acceptors (Lipinski definition) is 2. The van der Waals surface area contributed by atoms with E-state index in [1.54, 1.807) is 19.1 Å². The van der Waals surface area contributed by atoms with Crippen molar-refractivity contribution in [1.29, 1.82) is 0 Å². The molecule has 2 N–H and O–H groups in total. The summed E-state index contributed by atoms with van der Waals surface area (Å²) in [5.74, 6) is -1.32. The molecule has 16 heavy (non-hydrogen) atoms. The predicted octanol–water partition coefficient (Wildman–Crippen LogP) is 1.91. The molecule has 1 rings (SSSR count). The van der Waals surface area contributed by atoms with E-state index in [9.17, 15) is 9.59 Å². The van der Waals surface area contributed by atoms with Crippen LogP contribution in [0.25, 0.3) is 0 Å². The molecule has 1 aromatic carbocycles. The molecular weight excluding hydrogens is 206 g/mol. The number of nitrogens with one attached hydrogen (secondary N) is 1. The number of carboxylic acid groups (broad SMARTS) is 1. The van der Waals surface area contributed by atoms with Crippen molar-refractivity contribution in [2.24, 2.45) is 5.92 Å². The Kier molecular flexibility index (Phi) is 4.05. The van der Waals surface area contributed by atoms with Crippen LogP contribution < -0.4 is 5.32 Å². The molecule has 1 aromatic rings. The molecule has 0 spiro atoms. The van der Waals surface area contributed by atoms with Crippen LogP contribution in [0.1, 0.15) is 19.4 Å². The fourth-order valence-corrected chi connectivity index (χ4v) is 1.37. The van der Waals surface area contributed by atoms with Crippen molar-refractivity contribution in [2.75, 3.05) is 5.32 Å². The fourth-order valence-electron chi connectivity index (χ4n) is 1.37. The monoisotopic (exact) mass is 221 g/mol. The predicted molar refractivity (Wildman–Crippen MR) is 61.2 cm³/mol. The zero-order valence-corrected chi connectivity index (χ0v) is 9.36. The number of carbonyl (C=O) groups excluding carboxylic acids is 1. The Morgan fingerprint density at radius 2 is 1.88 bits per heavy atom. The van der Waals surface area contributed by atoms with E-state index >= 15 is 0 Å². The standard InChI is InChI=1S/C12H15NO3/c1-8(12(15)16)7-10-3-5-11(6-4-10)13-9(2)14/h3-6,8H,7H2,1-2H3,(H,13,14)(H,15,16). The van der Waals surface area contributed by atoms with Crippen LogP contribution in [0.2, 0.25) is 0 Å². The maximum Gasteiger partial charge on any atom is 0.306 e. The second-order valence-corrected chi connectivity index (χ2v) is 3.82. The van der Waals surface area contributed by atoms with Gasteiger partial charge in [-0.3, -0.25) is 9.59 Å². The average Bonchev–Trinajstić information content (AvgIpc) is 2.20. The molecule has 0 saturated carbocycles. The van der Waals surface area contributed by atoms with Crippen molar-refractivity contribution in [1.82, 2.24) is 0 Å². The molecule has 1 amide bonds. The van der Waals surface area contributed by atoms with Gasteiger partial charge in [0.2, 0.25) is 5.91 Å². The summed E-state index contributed by atoms with van der Waals surface area (Å²) in [5.41, 5.74) is 1.67. The Morgan fingerprint density at radius 1 is 1.31 bits per heavy atom. The molecule has 1 unspecified atom stereocenters. The van der Waals surface area contributed by atoms with E-state index < -0.39 is 11.9 Å². The Hall–Kier alpha value is -1.84. The summed E-state index contributed by atoms with van der Waals surface area (Å²) in [6.07, 6.45) is 0.496. The van der Waals surface area contributed by atoms with Gasteiger partial charge in [0.1, 0.15) is 0 Å². The topological polar surface area (TPSA) is 66.4 Å². The molecule has 4 heteroatoms. The molecule has 0 aliphatic rings. The van der Waals surface area contributed by atoms with Gasteiger partial charge in [0, 0.05) is 12.6 Å². The van der Waals surface area contributed by atoms with Crippen LogP contribution in [0.15, 0.2) is 24.3 Å². The lowest BCUT2D eigenvalue weighted by atomic mass is 10.0. The second kappa shape index (κ2) is 5.30. The van der Waals surface area contributed by atoms with Crippen LogP contribution in [0.3, 0.4) is 0 Å². The van der Waals surface area contributed by atoms with Crippen molar-refractivity contribution in [2.45, 2.75) is 20.3 Å². The summed E-state index contributed by atoms with van der Waals surface area (Å²) in [6, 6.07) is 7.19. The summed E-state index contributed by atoms with van der Waals surface area (Å²) in [7, 11) is 0. The van der Waals surface area contributed by atoms with Gasteiger partial charge in [-0.05, 0) is 24.1 Å². The van der Waals surface area contributed by atoms with Gasteiger partial charge in [0.05, 0.1) is 5.92 Å². The molecule has 1 atom stereocenters. The van der Waals surface area contributed by atoms with Crippen molar-refractivity contribution >= 4 is 17.6 Å². The number of carboxylic acids is 1. The zero-order valence-electron chi connectivity index (χ0n) is 9.36. The van der Waals surface area contributed by atoms with E-state index in [-0.39, 0.29) is 5.91 Å². The zero-order chi connectivity index (χ0) is 12.1. The fraction of sp³-hybridized carbons (Fsp3) is 0.333. The minimum atomic E-state index is -0.800. The SMILES string of the molecule is CC(=O)Nc1ccc(CC(C)C(=O)O)cc1. The van der Waals surface area contributed by atoms with E-state index in [1.807, 2.05) is 12.1 Å². The minimum Gasteiger partial charge on any atom is -0.481 e. The second-order valence-electron chi connectivity index (χ2n) is 3.82. The van der Waals surface area contributed by atoms with Crippen molar-refractivity contribution < 1.29 is 14.7 Å². The minimum absolute atomic E-state index is 0.119. The van der Waals surface area contributed by atoms with Gasteiger partial charge >= 0.3 is 5.97 Å². The van der Waals surface area contributed by atoms with E-state index in [1.165, 1.54) is 6.92 Å². The summed E-state index contributed by atoms with van der Waals surface area (Å²) in [5, 5.41) is 11.4. The molecule has 0 fully saturated rings. The van der Waals surface area contributed by atoms with Crippen LogP contribution >= 0.6 is 0 Å². The smallest absolute Gasteiger partial charge is 0.306 e. The van der Waals surface area contributed by atoms with Gasteiger partial charge in [0.25, 0.3) is 0 Å². The number of aliphatic carboxylic acids is 1. The highest BCUT2D eigenvalue weighted by atomic mass is 16.4. The lowest BCUT2D eigenvalue weighted by molar-refractivity contribution is -0.141. The first-order chi connectivity index (χ1) is 7.49. The molecule has 0 heterocycles. The molecule has 0 bridgehead atoms. The Bertz CT molecular complexity index is 384. The number of benzene rings is 1.